The highest BCUT2D eigenvalue weighted by atomic mass is 32.2. The summed E-state index contributed by atoms with van der Waals surface area (Å²) in [7, 11) is 1.60. The summed E-state index contributed by atoms with van der Waals surface area (Å²) in [5, 5.41) is 0. The van der Waals surface area contributed by atoms with E-state index in [-0.39, 0.29) is 0 Å². The molecule has 0 atom stereocenters. The van der Waals surface area contributed by atoms with E-state index >= 15 is 0 Å². The van der Waals surface area contributed by atoms with Gasteiger partial charge in [-0.1, -0.05) is 29.5 Å². The molecule has 0 aromatic heterocycles. The standard InChI is InChI=1S/C17H18O3S/c1-4-20-16-9-13(11-18)17(10-15(16)19-3)21-14-7-5-12(2)6-8-14/h5-11H,4H2,1-3H3. The zero-order valence-corrected chi connectivity index (χ0v) is 13.2. The Hall–Kier alpha value is -1.94. The van der Waals surface area contributed by atoms with Gasteiger partial charge in [0.25, 0.3) is 0 Å². The fourth-order valence-electron chi connectivity index (χ4n) is 1.90. The van der Waals surface area contributed by atoms with Crippen LogP contribution in [0.25, 0.3) is 0 Å². The van der Waals surface area contributed by atoms with E-state index in [1.165, 1.54) is 17.3 Å². The molecular formula is C17H18O3S. The van der Waals surface area contributed by atoms with Crippen LogP contribution in [0, 0.1) is 6.92 Å². The van der Waals surface area contributed by atoms with Crippen LogP contribution in [0.2, 0.25) is 0 Å². The summed E-state index contributed by atoms with van der Waals surface area (Å²) < 4.78 is 10.8. The maximum Gasteiger partial charge on any atom is 0.161 e. The molecule has 0 heterocycles. The van der Waals surface area contributed by atoms with E-state index in [1.807, 2.05) is 32.0 Å². The van der Waals surface area contributed by atoms with Crippen LogP contribution < -0.4 is 9.47 Å². The fraction of sp³-hybridized carbons (Fsp3) is 0.235. The number of carbonyl (C=O) groups is 1. The first-order valence-electron chi connectivity index (χ1n) is 6.72. The quantitative estimate of drug-likeness (QED) is 0.742. The molecule has 0 aliphatic rings. The van der Waals surface area contributed by atoms with Crippen LogP contribution in [0.3, 0.4) is 0 Å². The summed E-state index contributed by atoms with van der Waals surface area (Å²) in [6.45, 7) is 4.47. The van der Waals surface area contributed by atoms with Gasteiger partial charge in [-0.2, -0.15) is 0 Å². The monoisotopic (exact) mass is 302 g/mol. The predicted molar refractivity (Wildman–Crippen MR) is 84.9 cm³/mol. The summed E-state index contributed by atoms with van der Waals surface area (Å²) in [6.07, 6.45) is 0.846. The van der Waals surface area contributed by atoms with Gasteiger partial charge in [-0.25, -0.2) is 0 Å². The molecule has 21 heavy (non-hydrogen) atoms. The van der Waals surface area contributed by atoms with Crippen molar-refractivity contribution in [3.05, 3.63) is 47.5 Å². The number of hydrogen-bond acceptors (Lipinski definition) is 4. The first-order valence-corrected chi connectivity index (χ1v) is 7.54. The molecule has 0 saturated carbocycles. The number of ether oxygens (including phenoxy) is 2. The summed E-state index contributed by atoms with van der Waals surface area (Å²) >= 11 is 1.54. The van der Waals surface area contributed by atoms with Crippen molar-refractivity contribution in [1.82, 2.24) is 0 Å². The first-order chi connectivity index (χ1) is 10.2. The minimum Gasteiger partial charge on any atom is -0.493 e. The van der Waals surface area contributed by atoms with E-state index in [0.717, 1.165) is 16.1 Å². The molecule has 2 aromatic carbocycles. The van der Waals surface area contributed by atoms with Crippen LogP contribution >= 0.6 is 11.8 Å². The van der Waals surface area contributed by atoms with Gasteiger partial charge in [-0.05, 0) is 38.1 Å². The van der Waals surface area contributed by atoms with Gasteiger partial charge in [0.1, 0.15) is 0 Å². The van der Waals surface area contributed by atoms with Gasteiger partial charge in [-0.15, -0.1) is 0 Å². The van der Waals surface area contributed by atoms with Gasteiger partial charge in [-0.3, -0.25) is 4.79 Å². The fourth-order valence-corrected chi connectivity index (χ4v) is 2.82. The Bertz CT molecular complexity index is 621. The number of carbonyl (C=O) groups excluding carboxylic acids is 1. The molecule has 110 valence electrons. The highest BCUT2D eigenvalue weighted by Gasteiger charge is 2.12. The van der Waals surface area contributed by atoms with E-state index < -0.39 is 0 Å². The number of hydrogen-bond donors (Lipinski definition) is 0. The molecule has 0 bridgehead atoms. The van der Waals surface area contributed by atoms with Crippen LogP contribution in [0.4, 0.5) is 0 Å². The van der Waals surface area contributed by atoms with Gasteiger partial charge in [0.05, 0.1) is 13.7 Å². The molecule has 0 fully saturated rings. The molecular weight excluding hydrogens is 284 g/mol. The average molecular weight is 302 g/mol. The Morgan fingerprint density at radius 3 is 2.43 bits per heavy atom. The van der Waals surface area contributed by atoms with Crippen molar-refractivity contribution in [2.75, 3.05) is 13.7 Å². The van der Waals surface area contributed by atoms with Crippen molar-refractivity contribution in [3.63, 3.8) is 0 Å². The summed E-state index contributed by atoms with van der Waals surface area (Å²) in [4.78, 5) is 13.3. The van der Waals surface area contributed by atoms with Crippen LogP contribution in [0.15, 0.2) is 46.2 Å². The molecule has 0 saturated heterocycles. The third kappa shape index (κ3) is 3.79. The minimum absolute atomic E-state index is 0.527. The second-order valence-electron chi connectivity index (χ2n) is 4.51. The van der Waals surface area contributed by atoms with Crippen molar-refractivity contribution in [2.24, 2.45) is 0 Å². The molecule has 0 N–H and O–H groups in total. The smallest absolute Gasteiger partial charge is 0.161 e. The molecule has 4 heteroatoms. The Kier molecular flexibility index (Phi) is 5.28. The normalized spacial score (nSPS) is 10.2. The largest absolute Gasteiger partial charge is 0.493 e. The van der Waals surface area contributed by atoms with Gasteiger partial charge in [0.15, 0.2) is 17.8 Å². The molecule has 0 aliphatic carbocycles. The van der Waals surface area contributed by atoms with Crippen LogP contribution in [-0.2, 0) is 0 Å². The zero-order chi connectivity index (χ0) is 15.2. The van der Waals surface area contributed by atoms with Crippen molar-refractivity contribution in [3.8, 4) is 11.5 Å². The topological polar surface area (TPSA) is 35.5 Å². The Morgan fingerprint density at radius 2 is 1.86 bits per heavy atom. The van der Waals surface area contributed by atoms with E-state index in [4.69, 9.17) is 9.47 Å². The third-order valence-corrected chi connectivity index (χ3v) is 4.05. The maximum atomic E-state index is 11.3. The molecule has 2 rings (SSSR count). The SMILES string of the molecule is CCOc1cc(C=O)c(Sc2ccc(C)cc2)cc1OC. The Balaban J connectivity index is 2.37. The lowest BCUT2D eigenvalue weighted by atomic mass is 10.2. The molecule has 0 radical (unpaired) electrons. The van der Waals surface area contributed by atoms with E-state index in [0.29, 0.717) is 23.7 Å². The highest BCUT2D eigenvalue weighted by molar-refractivity contribution is 7.99. The zero-order valence-electron chi connectivity index (χ0n) is 12.4. The molecule has 2 aromatic rings. The third-order valence-electron chi connectivity index (χ3n) is 2.97. The van der Waals surface area contributed by atoms with E-state index in [2.05, 4.69) is 12.1 Å². The second-order valence-corrected chi connectivity index (χ2v) is 5.62. The number of methoxy groups -OCH3 is 1. The van der Waals surface area contributed by atoms with Crippen molar-refractivity contribution in [1.29, 1.82) is 0 Å². The van der Waals surface area contributed by atoms with Crippen molar-refractivity contribution >= 4 is 18.0 Å². The summed E-state index contributed by atoms with van der Waals surface area (Å²) in [5.74, 6) is 1.23. The lowest BCUT2D eigenvalue weighted by molar-refractivity contribution is 0.112. The maximum absolute atomic E-state index is 11.3. The Labute approximate surface area is 129 Å². The molecule has 0 unspecified atom stereocenters. The van der Waals surface area contributed by atoms with Crippen molar-refractivity contribution in [2.45, 2.75) is 23.6 Å². The van der Waals surface area contributed by atoms with Gasteiger partial charge >= 0.3 is 0 Å². The first kappa shape index (κ1) is 15.4. The van der Waals surface area contributed by atoms with Gasteiger partial charge in [0, 0.05) is 15.4 Å². The highest BCUT2D eigenvalue weighted by Crippen LogP contribution is 2.38. The van der Waals surface area contributed by atoms with Gasteiger partial charge in [0.2, 0.25) is 0 Å². The van der Waals surface area contributed by atoms with E-state index in [9.17, 15) is 4.79 Å². The number of benzene rings is 2. The lowest BCUT2D eigenvalue weighted by Gasteiger charge is -2.13. The Morgan fingerprint density at radius 1 is 1.14 bits per heavy atom. The molecule has 0 spiro atoms. The van der Waals surface area contributed by atoms with E-state index in [1.54, 1.807) is 13.2 Å². The second kappa shape index (κ2) is 7.18. The van der Waals surface area contributed by atoms with Crippen molar-refractivity contribution < 1.29 is 14.3 Å². The minimum atomic E-state index is 0.527. The number of aldehydes is 1. The van der Waals surface area contributed by atoms with Crippen LogP contribution in [0.1, 0.15) is 22.8 Å². The lowest BCUT2D eigenvalue weighted by Crippen LogP contribution is -1.98. The number of rotatable bonds is 6. The number of aryl methyl sites for hydroxylation is 1. The molecule has 0 amide bonds. The summed E-state index contributed by atoms with van der Waals surface area (Å²) in [6, 6.07) is 11.8. The van der Waals surface area contributed by atoms with Crippen LogP contribution in [0.5, 0.6) is 11.5 Å². The predicted octanol–water partition coefficient (Wildman–Crippen LogP) is 4.37. The average Bonchev–Trinajstić information content (AvgIpc) is 2.50. The van der Waals surface area contributed by atoms with Crippen LogP contribution in [-0.4, -0.2) is 20.0 Å². The van der Waals surface area contributed by atoms with Gasteiger partial charge < -0.3 is 9.47 Å². The summed E-state index contributed by atoms with van der Waals surface area (Å²) in [5.41, 5.74) is 1.81. The molecule has 3 nitrogen and oxygen atoms in total. The molecule has 0 aliphatic heterocycles.